The van der Waals surface area contributed by atoms with Crippen molar-refractivity contribution in [2.45, 2.75) is 36.8 Å². The van der Waals surface area contributed by atoms with E-state index in [1.807, 2.05) is 0 Å². The summed E-state index contributed by atoms with van der Waals surface area (Å²) in [6.45, 7) is 2.39. The number of sulfonamides is 1. The molecule has 1 aliphatic heterocycles. The third-order valence-electron chi connectivity index (χ3n) is 2.85. The minimum atomic E-state index is -3.75. The Hall–Kier alpha value is -1.05. The first-order chi connectivity index (χ1) is 8.49. The summed E-state index contributed by atoms with van der Waals surface area (Å²) >= 11 is 0. The minimum Gasteiger partial charge on any atom is -0.377 e. The van der Waals surface area contributed by atoms with E-state index in [0.29, 0.717) is 6.61 Å². The van der Waals surface area contributed by atoms with Gasteiger partial charge in [0.1, 0.15) is 10.7 Å². The summed E-state index contributed by atoms with van der Waals surface area (Å²) in [6, 6.07) is 0.596. The summed E-state index contributed by atoms with van der Waals surface area (Å²) in [5.74, 6) is -0.678. The standard InChI is InChI=1S/C11H15FN2O3S/c1-8(11-3-2-4-17-11)14-18(15,16)10-5-9(12)6-13-7-10/h5-8,11,14H,2-4H2,1H3/t8-,11+/m1/s1. The highest BCUT2D eigenvalue weighted by Crippen LogP contribution is 2.17. The van der Waals surface area contributed by atoms with E-state index in [1.54, 1.807) is 6.92 Å². The van der Waals surface area contributed by atoms with E-state index in [1.165, 1.54) is 0 Å². The fourth-order valence-electron chi connectivity index (χ4n) is 1.92. The first-order valence-corrected chi connectivity index (χ1v) is 7.22. The maximum atomic E-state index is 13.0. The maximum absolute atomic E-state index is 13.0. The maximum Gasteiger partial charge on any atom is 0.242 e. The Labute approximate surface area is 105 Å². The zero-order valence-corrected chi connectivity index (χ0v) is 10.8. The molecule has 5 nitrogen and oxygen atoms in total. The molecule has 2 rings (SSSR count). The van der Waals surface area contributed by atoms with Gasteiger partial charge in [0, 0.05) is 18.8 Å². The van der Waals surface area contributed by atoms with Gasteiger partial charge >= 0.3 is 0 Å². The minimum absolute atomic E-state index is 0.124. The molecule has 100 valence electrons. The highest BCUT2D eigenvalue weighted by molar-refractivity contribution is 7.89. The molecule has 0 unspecified atom stereocenters. The number of nitrogens with one attached hydrogen (secondary N) is 1. The zero-order chi connectivity index (χ0) is 13.2. The highest BCUT2D eigenvalue weighted by atomic mass is 32.2. The van der Waals surface area contributed by atoms with Crippen molar-refractivity contribution in [3.05, 3.63) is 24.3 Å². The fourth-order valence-corrected chi connectivity index (χ4v) is 3.17. The molecule has 0 aliphatic carbocycles. The van der Waals surface area contributed by atoms with Crippen LogP contribution in [0, 0.1) is 5.82 Å². The van der Waals surface area contributed by atoms with E-state index in [2.05, 4.69) is 9.71 Å². The Kier molecular flexibility index (Phi) is 3.94. The van der Waals surface area contributed by atoms with Gasteiger partial charge in [-0.15, -0.1) is 0 Å². The number of nitrogens with zero attached hydrogens (tertiary/aromatic N) is 1. The van der Waals surface area contributed by atoms with Gasteiger partial charge in [0.2, 0.25) is 10.0 Å². The molecule has 0 saturated carbocycles. The predicted molar refractivity (Wildman–Crippen MR) is 63.0 cm³/mol. The van der Waals surface area contributed by atoms with Gasteiger partial charge in [-0.3, -0.25) is 4.98 Å². The van der Waals surface area contributed by atoms with Crippen molar-refractivity contribution in [2.24, 2.45) is 0 Å². The largest absolute Gasteiger partial charge is 0.377 e. The molecule has 7 heteroatoms. The van der Waals surface area contributed by atoms with E-state index in [0.717, 1.165) is 31.3 Å². The van der Waals surface area contributed by atoms with Crippen LogP contribution in [0.3, 0.4) is 0 Å². The van der Waals surface area contributed by atoms with Gasteiger partial charge < -0.3 is 4.74 Å². The van der Waals surface area contributed by atoms with E-state index < -0.39 is 15.8 Å². The number of hydrogen-bond donors (Lipinski definition) is 1. The van der Waals surface area contributed by atoms with Gasteiger partial charge in [-0.1, -0.05) is 0 Å². The average Bonchev–Trinajstić information content (AvgIpc) is 2.82. The molecule has 1 aromatic heterocycles. The number of aromatic nitrogens is 1. The van der Waals surface area contributed by atoms with E-state index in [-0.39, 0.29) is 17.0 Å². The molecule has 0 spiro atoms. The Balaban J connectivity index is 2.11. The van der Waals surface area contributed by atoms with Crippen LogP contribution in [0.4, 0.5) is 4.39 Å². The first-order valence-electron chi connectivity index (χ1n) is 5.73. The van der Waals surface area contributed by atoms with Gasteiger partial charge in [0.05, 0.1) is 12.3 Å². The smallest absolute Gasteiger partial charge is 0.242 e. The average molecular weight is 274 g/mol. The van der Waals surface area contributed by atoms with Crippen LogP contribution >= 0.6 is 0 Å². The summed E-state index contributed by atoms with van der Waals surface area (Å²) in [4.78, 5) is 3.36. The number of hydrogen-bond acceptors (Lipinski definition) is 4. The summed E-state index contributed by atoms with van der Waals surface area (Å²) in [7, 11) is -3.75. The van der Waals surface area contributed by atoms with E-state index >= 15 is 0 Å². The quantitative estimate of drug-likeness (QED) is 0.891. The van der Waals surface area contributed by atoms with Crippen molar-refractivity contribution >= 4 is 10.0 Å². The van der Waals surface area contributed by atoms with Gasteiger partial charge in [-0.25, -0.2) is 17.5 Å². The monoisotopic (exact) mass is 274 g/mol. The number of rotatable bonds is 4. The summed E-state index contributed by atoms with van der Waals surface area (Å²) in [5, 5.41) is 0. The van der Waals surface area contributed by atoms with Crippen molar-refractivity contribution in [3.63, 3.8) is 0 Å². The van der Waals surface area contributed by atoms with Gasteiger partial charge in [0.25, 0.3) is 0 Å². The molecule has 0 radical (unpaired) electrons. The summed E-state index contributed by atoms with van der Waals surface area (Å²) < 4.78 is 44.8. The fraction of sp³-hybridized carbons (Fsp3) is 0.545. The van der Waals surface area contributed by atoms with Gasteiger partial charge in [0.15, 0.2) is 0 Å². The predicted octanol–water partition coefficient (Wildman–Crippen LogP) is 1.07. The van der Waals surface area contributed by atoms with Crippen LogP contribution in [0.5, 0.6) is 0 Å². The Morgan fingerprint density at radius 1 is 1.56 bits per heavy atom. The molecule has 1 N–H and O–H groups in total. The summed E-state index contributed by atoms with van der Waals surface area (Å²) in [6.07, 6.45) is 3.71. The molecule has 1 aromatic rings. The third kappa shape index (κ3) is 3.04. The Morgan fingerprint density at radius 3 is 2.94 bits per heavy atom. The molecular formula is C11H15FN2O3S. The van der Waals surface area contributed by atoms with Crippen molar-refractivity contribution in [1.29, 1.82) is 0 Å². The van der Waals surface area contributed by atoms with Crippen LogP contribution in [-0.2, 0) is 14.8 Å². The summed E-state index contributed by atoms with van der Waals surface area (Å²) in [5.41, 5.74) is 0. The number of pyridine rings is 1. The van der Waals surface area contributed by atoms with Crippen molar-refractivity contribution < 1.29 is 17.5 Å². The van der Waals surface area contributed by atoms with Crippen LogP contribution in [0.25, 0.3) is 0 Å². The van der Waals surface area contributed by atoms with Gasteiger partial charge in [-0.05, 0) is 25.8 Å². The Morgan fingerprint density at radius 2 is 2.33 bits per heavy atom. The first kappa shape index (κ1) is 13.4. The van der Waals surface area contributed by atoms with Crippen LogP contribution in [0.1, 0.15) is 19.8 Å². The van der Waals surface area contributed by atoms with Crippen LogP contribution < -0.4 is 4.72 Å². The SMILES string of the molecule is C[C@@H](NS(=O)(=O)c1cncc(F)c1)[C@@H]1CCCO1. The van der Waals surface area contributed by atoms with Crippen molar-refractivity contribution in [3.8, 4) is 0 Å². The topological polar surface area (TPSA) is 68.3 Å². The lowest BCUT2D eigenvalue weighted by Crippen LogP contribution is -2.40. The molecule has 1 fully saturated rings. The molecule has 1 aliphatic rings. The highest BCUT2D eigenvalue weighted by Gasteiger charge is 2.27. The number of ether oxygens (including phenoxy) is 1. The third-order valence-corrected chi connectivity index (χ3v) is 4.38. The second-order valence-electron chi connectivity index (χ2n) is 4.30. The van der Waals surface area contributed by atoms with Crippen molar-refractivity contribution in [1.82, 2.24) is 9.71 Å². The molecule has 0 bridgehead atoms. The van der Waals surface area contributed by atoms with Crippen LogP contribution in [0.15, 0.2) is 23.4 Å². The zero-order valence-electron chi connectivity index (χ0n) is 9.97. The van der Waals surface area contributed by atoms with Crippen molar-refractivity contribution in [2.75, 3.05) is 6.61 Å². The van der Waals surface area contributed by atoms with Crippen LogP contribution in [0.2, 0.25) is 0 Å². The van der Waals surface area contributed by atoms with E-state index in [9.17, 15) is 12.8 Å². The molecular weight excluding hydrogens is 259 g/mol. The molecule has 0 aromatic carbocycles. The second-order valence-corrected chi connectivity index (χ2v) is 6.01. The number of halogens is 1. The van der Waals surface area contributed by atoms with E-state index in [4.69, 9.17) is 4.74 Å². The second kappa shape index (κ2) is 5.29. The molecule has 1 saturated heterocycles. The lowest BCUT2D eigenvalue weighted by molar-refractivity contribution is 0.0902. The Bertz CT molecular complexity index is 515. The lowest BCUT2D eigenvalue weighted by atomic mass is 10.1. The normalized spacial score (nSPS) is 22.0. The van der Waals surface area contributed by atoms with Crippen LogP contribution in [-0.4, -0.2) is 32.2 Å². The van der Waals surface area contributed by atoms with Gasteiger partial charge in [-0.2, -0.15) is 0 Å². The molecule has 2 atom stereocenters. The molecule has 0 amide bonds. The molecule has 2 heterocycles. The molecule has 18 heavy (non-hydrogen) atoms. The lowest BCUT2D eigenvalue weighted by Gasteiger charge is -2.19.